The Morgan fingerprint density at radius 1 is 1.24 bits per heavy atom. The zero-order chi connectivity index (χ0) is 28.1. The van der Waals surface area contributed by atoms with E-state index in [1.54, 1.807) is 0 Å². The number of hydrogen-bond acceptors (Lipinski definition) is 7. The van der Waals surface area contributed by atoms with E-state index in [1.165, 1.54) is 42.6 Å². The molecule has 3 aromatic heterocycles. The summed E-state index contributed by atoms with van der Waals surface area (Å²) < 4.78 is 9.88. The van der Waals surface area contributed by atoms with E-state index in [4.69, 9.17) is 14.8 Å². The first-order chi connectivity index (χ1) is 19.9. The second-order valence-electron chi connectivity index (χ2n) is 12.9. The van der Waals surface area contributed by atoms with Gasteiger partial charge in [0.2, 0.25) is 5.91 Å². The molecule has 1 saturated heterocycles. The summed E-state index contributed by atoms with van der Waals surface area (Å²) in [7, 11) is 0. The van der Waals surface area contributed by atoms with Crippen molar-refractivity contribution in [3.05, 3.63) is 34.9 Å². The molecule has 7 rings (SSSR count). The van der Waals surface area contributed by atoms with Crippen molar-refractivity contribution in [1.82, 2.24) is 35.2 Å². The quantitative estimate of drug-likeness (QED) is 0.477. The van der Waals surface area contributed by atoms with E-state index in [1.807, 2.05) is 10.9 Å². The number of anilines is 1. The molecule has 3 unspecified atom stereocenters. The molecule has 2 aliphatic carbocycles. The van der Waals surface area contributed by atoms with Gasteiger partial charge in [0, 0.05) is 62.1 Å². The third-order valence-electron chi connectivity index (χ3n) is 10.3. The monoisotopic (exact) mass is 560 g/mol. The molecular weight excluding hydrogens is 516 g/mol. The second-order valence-corrected chi connectivity index (χ2v) is 12.9. The van der Waals surface area contributed by atoms with E-state index in [0.717, 1.165) is 74.4 Å². The number of amides is 1. The second kappa shape index (κ2) is 10.7. The SMILES string of the molecule is CCn1ncc2c(N3CCc4c(c(C)nn4CC45CCCC(C4)C(NC(=O)[C@@H]4COCCN4)CC5)C3)cc(C)nc21. The molecule has 2 aliphatic heterocycles. The molecule has 10 heteroatoms. The lowest BCUT2D eigenvalue weighted by Gasteiger charge is -2.49. The number of nitrogens with one attached hydrogen (secondary N) is 2. The molecule has 0 spiro atoms. The lowest BCUT2D eigenvalue weighted by Crippen LogP contribution is -2.56. The average Bonchev–Trinajstić information content (AvgIpc) is 3.54. The molecule has 3 fully saturated rings. The Labute approximate surface area is 242 Å². The van der Waals surface area contributed by atoms with Gasteiger partial charge in [0.25, 0.3) is 0 Å². The molecule has 5 heterocycles. The van der Waals surface area contributed by atoms with Crippen LogP contribution in [0.4, 0.5) is 5.69 Å². The van der Waals surface area contributed by atoms with E-state index < -0.39 is 0 Å². The Kier molecular flexibility index (Phi) is 7.01. The van der Waals surface area contributed by atoms with Gasteiger partial charge in [-0.3, -0.25) is 9.48 Å². The van der Waals surface area contributed by atoms with E-state index in [-0.39, 0.29) is 23.4 Å². The highest BCUT2D eigenvalue weighted by Crippen LogP contribution is 2.50. The zero-order valence-corrected chi connectivity index (χ0v) is 24.8. The molecule has 3 aromatic rings. The maximum Gasteiger partial charge on any atom is 0.239 e. The minimum atomic E-state index is -0.216. The van der Waals surface area contributed by atoms with Crippen LogP contribution < -0.4 is 15.5 Å². The summed E-state index contributed by atoms with van der Waals surface area (Å²) in [6.45, 7) is 11.9. The Hall–Kier alpha value is -2.98. The number of fused-ring (bicyclic) bond motifs is 4. The van der Waals surface area contributed by atoms with Crippen molar-refractivity contribution in [2.75, 3.05) is 31.2 Å². The molecule has 2 N–H and O–H groups in total. The summed E-state index contributed by atoms with van der Waals surface area (Å²) in [6, 6.07) is 2.27. The van der Waals surface area contributed by atoms with Crippen molar-refractivity contribution < 1.29 is 9.53 Å². The van der Waals surface area contributed by atoms with Gasteiger partial charge >= 0.3 is 0 Å². The summed E-state index contributed by atoms with van der Waals surface area (Å²) in [4.78, 5) is 20.2. The normalized spacial score (nSPS) is 28.1. The van der Waals surface area contributed by atoms with Crippen LogP contribution in [0.15, 0.2) is 12.3 Å². The molecule has 2 bridgehead atoms. The summed E-state index contributed by atoms with van der Waals surface area (Å²) in [5, 5.41) is 17.6. The molecule has 220 valence electrons. The lowest BCUT2D eigenvalue weighted by molar-refractivity contribution is -0.128. The molecule has 2 saturated carbocycles. The number of carbonyl (C=O) groups is 1. The maximum absolute atomic E-state index is 12.9. The Bertz CT molecular complexity index is 1440. The van der Waals surface area contributed by atoms with Crippen LogP contribution in [0.5, 0.6) is 0 Å². The highest BCUT2D eigenvalue weighted by atomic mass is 16.5. The first-order valence-electron chi connectivity index (χ1n) is 15.7. The average molecular weight is 561 g/mol. The standard InChI is InChI=1S/C31H44N8O2/c1-4-38-29-23(16-33-38)28(14-20(2)34-29)37-12-8-27-24(17-37)21(3)36-39(27)19-31-9-5-6-22(15-31)25(7-10-31)35-30(40)26-18-41-13-11-32-26/h14,16,22,25-26,32H,4-13,15,17-19H2,1-3H3,(H,35,40)/t22?,25?,26-,31?/m0/s1. The van der Waals surface area contributed by atoms with E-state index >= 15 is 0 Å². The molecule has 1 amide bonds. The number of nitrogens with zero attached hydrogens (tertiary/aromatic N) is 6. The van der Waals surface area contributed by atoms with Gasteiger partial charge in [-0.05, 0) is 70.3 Å². The van der Waals surface area contributed by atoms with E-state index in [9.17, 15) is 4.79 Å². The minimum Gasteiger partial charge on any atom is -0.378 e. The summed E-state index contributed by atoms with van der Waals surface area (Å²) in [5.41, 5.74) is 7.47. The molecular formula is C31H44N8O2. The van der Waals surface area contributed by atoms with Crippen LogP contribution >= 0.6 is 0 Å². The fourth-order valence-corrected chi connectivity index (χ4v) is 8.16. The topological polar surface area (TPSA) is 102 Å². The van der Waals surface area contributed by atoms with Crippen LogP contribution in [0.1, 0.15) is 68.1 Å². The van der Waals surface area contributed by atoms with Crippen LogP contribution in [0, 0.1) is 25.2 Å². The van der Waals surface area contributed by atoms with Gasteiger partial charge in [-0.2, -0.15) is 10.2 Å². The number of carbonyl (C=O) groups excluding carboxylic acids is 1. The van der Waals surface area contributed by atoms with E-state index in [0.29, 0.717) is 19.1 Å². The van der Waals surface area contributed by atoms with Crippen molar-refractivity contribution in [2.24, 2.45) is 11.3 Å². The summed E-state index contributed by atoms with van der Waals surface area (Å²) in [6.07, 6.45) is 10.1. The smallest absolute Gasteiger partial charge is 0.239 e. The predicted molar refractivity (Wildman–Crippen MR) is 158 cm³/mol. The van der Waals surface area contributed by atoms with Crippen LogP contribution in [-0.2, 0) is 35.6 Å². The van der Waals surface area contributed by atoms with Gasteiger partial charge in [-0.15, -0.1) is 0 Å². The Morgan fingerprint density at radius 3 is 2.98 bits per heavy atom. The van der Waals surface area contributed by atoms with Crippen LogP contribution in [0.3, 0.4) is 0 Å². The molecule has 10 nitrogen and oxygen atoms in total. The van der Waals surface area contributed by atoms with Gasteiger partial charge in [0.1, 0.15) is 6.04 Å². The number of aryl methyl sites for hydroxylation is 3. The van der Waals surface area contributed by atoms with Crippen LogP contribution in [-0.4, -0.2) is 68.8 Å². The molecule has 4 aliphatic rings. The van der Waals surface area contributed by atoms with Crippen molar-refractivity contribution in [3.63, 3.8) is 0 Å². The van der Waals surface area contributed by atoms with E-state index in [2.05, 4.69) is 52.2 Å². The van der Waals surface area contributed by atoms with Crippen molar-refractivity contribution in [1.29, 1.82) is 0 Å². The number of hydrogen-bond donors (Lipinski definition) is 2. The fraction of sp³-hybridized carbons (Fsp3) is 0.677. The summed E-state index contributed by atoms with van der Waals surface area (Å²) >= 11 is 0. The predicted octanol–water partition coefficient (Wildman–Crippen LogP) is 3.27. The zero-order valence-electron chi connectivity index (χ0n) is 24.8. The number of pyridine rings is 1. The van der Waals surface area contributed by atoms with Gasteiger partial charge in [0.05, 0.1) is 36.2 Å². The fourth-order valence-electron chi connectivity index (χ4n) is 8.16. The van der Waals surface area contributed by atoms with Gasteiger partial charge < -0.3 is 20.3 Å². The van der Waals surface area contributed by atoms with Crippen LogP contribution in [0.2, 0.25) is 0 Å². The largest absolute Gasteiger partial charge is 0.378 e. The minimum absolute atomic E-state index is 0.109. The van der Waals surface area contributed by atoms with Crippen LogP contribution in [0.25, 0.3) is 11.0 Å². The van der Waals surface area contributed by atoms with Gasteiger partial charge in [-0.1, -0.05) is 6.42 Å². The first-order valence-corrected chi connectivity index (χ1v) is 15.7. The molecule has 41 heavy (non-hydrogen) atoms. The summed E-state index contributed by atoms with van der Waals surface area (Å²) in [5.74, 6) is 0.660. The van der Waals surface area contributed by atoms with Crippen molar-refractivity contribution in [3.8, 4) is 0 Å². The maximum atomic E-state index is 12.9. The number of ether oxygens (including phenoxy) is 1. The highest BCUT2D eigenvalue weighted by molar-refractivity contribution is 5.90. The van der Waals surface area contributed by atoms with Crippen molar-refractivity contribution in [2.45, 2.75) is 97.4 Å². The van der Waals surface area contributed by atoms with Gasteiger partial charge in [-0.25, -0.2) is 9.67 Å². The Morgan fingerprint density at radius 2 is 2.15 bits per heavy atom. The third-order valence-corrected chi connectivity index (χ3v) is 10.3. The third kappa shape index (κ3) is 4.92. The van der Waals surface area contributed by atoms with Crippen molar-refractivity contribution >= 4 is 22.6 Å². The molecule has 0 radical (unpaired) electrons. The van der Waals surface area contributed by atoms with Gasteiger partial charge in [0.15, 0.2) is 5.65 Å². The number of aromatic nitrogens is 5. The lowest BCUT2D eigenvalue weighted by atomic mass is 9.60. The number of rotatable bonds is 6. The first kappa shape index (κ1) is 26.9. The molecule has 4 atom stereocenters. The number of morpholine rings is 1. The highest BCUT2D eigenvalue weighted by Gasteiger charge is 2.45. The Balaban J connectivity index is 1.07. The molecule has 0 aromatic carbocycles.